The molecule has 1 aliphatic carbocycles. The minimum atomic E-state index is -6.36. The molecule has 0 atom stereocenters. The number of rotatable bonds is 7. The van der Waals surface area contributed by atoms with Crippen LogP contribution in [0.5, 0.6) is 0 Å². The highest BCUT2D eigenvalue weighted by atomic mass is 32.2. The van der Waals surface area contributed by atoms with Crippen molar-refractivity contribution < 1.29 is 53.4 Å². The molecule has 1 aliphatic rings. The van der Waals surface area contributed by atoms with Crippen molar-refractivity contribution >= 4 is 15.7 Å². The van der Waals surface area contributed by atoms with E-state index in [1.54, 1.807) is 0 Å². The van der Waals surface area contributed by atoms with Crippen molar-refractivity contribution in [2.24, 2.45) is 5.92 Å². The van der Waals surface area contributed by atoms with Gasteiger partial charge in [0.25, 0.3) is 0 Å². The maximum atomic E-state index is 14.5. The maximum Gasteiger partial charge on any atom is 0.435 e. The average Bonchev–Trinajstić information content (AvgIpc) is 2.75. The van der Waals surface area contributed by atoms with E-state index in [2.05, 4.69) is 5.32 Å². The van der Waals surface area contributed by atoms with Gasteiger partial charge in [-0.15, -0.1) is 0 Å². The number of hydrogen-bond acceptors (Lipinski definition) is 4. The highest BCUT2D eigenvalue weighted by Gasteiger charge is 2.73. The fraction of sp³-hybridized carbons (Fsp3) is 0.458. The fourth-order valence-electron chi connectivity index (χ4n) is 4.31. The van der Waals surface area contributed by atoms with Crippen molar-refractivity contribution in [3.8, 4) is 0 Å². The van der Waals surface area contributed by atoms with Crippen LogP contribution in [0.15, 0.2) is 53.4 Å². The first kappa shape index (κ1) is 29.8. The van der Waals surface area contributed by atoms with Crippen LogP contribution in [0, 0.1) is 11.7 Å². The molecule has 2 N–H and O–H groups in total. The summed E-state index contributed by atoms with van der Waals surface area (Å²) in [7, 11) is -4.48. The summed E-state index contributed by atoms with van der Waals surface area (Å²) >= 11 is 0. The lowest BCUT2D eigenvalue weighted by Crippen LogP contribution is -2.54. The van der Waals surface area contributed by atoms with E-state index in [0.29, 0.717) is 12.1 Å². The lowest BCUT2D eigenvalue weighted by Gasteiger charge is -2.46. The van der Waals surface area contributed by atoms with Crippen LogP contribution in [0.3, 0.4) is 0 Å². The molecular weight excluding hydrogens is 550 g/mol. The number of benzene rings is 2. The molecule has 0 aromatic heterocycles. The lowest BCUT2D eigenvalue weighted by atomic mass is 9.69. The third-order valence-electron chi connectivity index (χ3n) is 6.45. The smallest absolute Gasteiger partial charge is 0.389 e. The summed E-state index contributed by atoms with van der Waals surface area (Å²) in [5, 5.41) is 12.2. The topological polar surface area (TPSA) is 83.5 Å². The van der Waals surface area contributed by atoms with Crippen molar-refractivity contribution in [2.45, 2.75) is 60.0 Å². The van der Waals surface area contributed by atoms with Gasteiger partial charge in [0.15, 0.2) is 9.84 Å². The van der Waals surface area contributed by atoms with Crippen LogP contribution in [-0.2, 0) is 25.0 Å². The third kappa shape index (κ3) is 5.12. The standard InChI is InChI=1S/C24H23F8NO4S/c1-20(2,35)13-33-19(34)14-11-21(12-14,38(36,37)18-9-7-17(25)8-10-18)15-3-5-16(6-4-15)22(26,23(27,28)29)24(30,31)32/h3-10,14,35H,11-13H2,1-2H3,(H,33,34). The number of alkyl halides is 7. The molecule has 0 unspecified atom stereocenters. The van der Waals surface area contributed by atoms with Gasteiger partial charge in [-0.2, -0.15) is 26.3 Å². The quantitative estimate of drug-likeness (QED) is 0.358. The van der Waals surface area contributed by atoms with Crippen LogP contribution in [0.25, 0.3) is 0 Å². The molecule has 0 spiro atoms. The van der Waals surface area contributed by atoms with E-state index in [0.717, 1.165) is 24.3 Å². The Morgan fingerprint density at radius 2 is 1.39 bits per heavy atom. The monoisotopic (exact) mass is 573 g/mol. The molecule has 38 heavy (non-hydrogen) atoms. The molecule has 0 saturated heterocycles. The molecule has 3 rings (SSSR count). The molecule has 2 aromatic carbocycles. The van der Waals surface area contributed by atoms with Gasteiger partial charge in [0.1, 0.15) is 10.6 Å². The van der Waals surface area contributed by atoms with Crippen LogP contribution < -0.4 is 5.32 Å². The fourth-order valence-corrected chi connectivity index (χ4v) is 6.54. The molecule has 14 heteroatoms. The number of sulfone groups is 1. The van der Waals surface area contributed by atoms with Crippen LogP contribution in [-0.4, -0.2) is 43.9 Å². The second-order valence-electron chi connectivity index (χ2n) is 9.82. The van der Waals surface area contributed by atoms with Gasteiger partial charge in [-0.1, -0.05) is 24.3 Å². The first-order valence-corrected chi connectivity index (χ1v) is 12.6. The van der Waals surface area contributed by atoms with Crippen molar-refractivity contribution in [1.29, 1.82) is 0 Å². The number of nitrogens with one attached hydrogen (secondary N) is 1. The summed E-state index contributed by atoms with van der Waals surface area (Å²) < 4.78 is 132. The number of carbonyl (C=O) groups excluding carboxylic acids is 1. The van der Waals surface area contributed by atoms with Crippen LogP contribution in [0.2, 0.25) is 0 Å². The molecule has 1 saturated carbocycles. The van der Waals surface area contributed by atoms with Gasteiger partial charge in [0.2, 0.25) is 5.91 Å². The SMILES string of the molecule is CC(C)(O)CNC(=O)C1CC(c2ccc(C(F)(C(F)(F)F)C(F)(F)F)cc2)(S(=O)(=O)c2ccc(F)cc2)C1. The van der Waals surface area contributed by atoms with E-state index in [1.165, 1.54) is 13.8 Å². The lowest BCUT2D eigenvalue weighted by molar-refractivity contribution is -0.348. The first-order chi connectivity index (χ1) is 17.2. The highest BCUT2D eigenvalue weighted by molar-refractivity contribution is 7.92. The van der Waals surface area contributed by atoms with E-state index in [-0.39, 0.29) is 24.2 Å². The van der Waals surface area contributed by atoms with Gasteiger partial charge < -0.3 is 10.4 Å². The summed E-state index contributed by atoms with van der Waals surface area (Å²) in [6.45, 7) is 2.64. The Labute approximate surface area is 212 Å². The van der Waals surface area contributed by atoms with Gasteiger partial charge >= 0.3 is 18.0 Å². The highest BCUT2D eigenvalue weighted by Crippen LogP contribution is 2.56. The zero-order chi connectivity index (χ0) is 28.9. The van der Waals surface area contributed by atoms with Crippen LogP contribution in [0.4, 0.5) is 35.1 Å². The Morgan fingerprint density at radius 3 is 1.82 bits per heavy atom. The Hall–Kier alpha value is -2.74. The second-order valence-corrected chi connectivity index (χ2v) is 12.1. The van der Waals surface area contributed by atoms with E-state index in [4.69, 9.17) is 0 Å². The van der Waals surface area contributed by atoms with Crippen molar-refractivity contribution in [3.05, 3.63) is 65.5 Å². The number of amides is 1. The molecule has 2 aromatic rings. The number of carbonyl (C=O) groups is 1. The summed E-state index contributed by atoms with van der Waals surface area (Å²) in [6, 6.07) is 5.27. The third-order valence-corrected chi connectivity index (χ3v) is 8.94. The van der Waals surface area contributed by atoms with E-state index < -0.39 is 79.1 Å². The summed E-state index contributed by atoms with van der Waals surface area (Å²) in [6.07, 6.45) is -13.6. The minimum Gasteiger partial charge on any atom is -0.389 e. The average molecular weight is 574 g/mol. The van der Waals surface area contributed by atoms with Gasteiger partial charge in [-0.3, -0.25) is 4.79 Å². The summed E-state index contributed by atoms with van der Waals surface area (Å²) in [5.41, 5.74) is -9.07. The molecule has 0 aliphatic heterocycles. The van der Waals surface area contributed by atoms with Gasteiger partial charge in [-0.25, -0.2) is 17.2 Å². The predicted molar refractivity (Wildman–Crippen MR) is 119 cm³/mol. The number of halogens is 8. The van der Waals surface area contributed by atoms with Crippen molar-refractivity contribution in [1.82, 2.24) is 5.32 Å². The second kappa shape index (κ2) is 9.47. The van der Waals surface area contributed by atoms with E-state index >= 15 is 0 Å². The Bertz CT molecular complexity index is 1260. The maximum absolute atomic E-state index is 14.5. The minimum absolute atomic E-state index is 0.178. The molecule has 5 nitrogen and oxygen atoms in total. The van der Waals surface area contributed by atoms with E-state index in [1.807, 2.05) is 0 Å². The Kier molecular flexibility index (Phi) is 7.43. The zero-order valence-electron chi connectivity index (χ0n) is 19.9. The Balaban J connectivity index is 2.06. The van der Waals surface area contributed by atoms with Crippen molar-refractivity contribution in [3.63, 3.8) is 0 Å². The summed E-state index contributed by atoms with van der Waals surface area (Å²) in [4.78, 5) is 12.1. The summed E-state index contributed by atoms with van der Waals surface area (Å²) in [5.74, 6) is -2.35. The Morgan fingerprint density at radius 1 is 0.921 bits per heavy atom. The molecule has 0 radical (unpaired) electrons. The largest absolute Gasteiger partial charge is 0.435 e. The van der Waals surface area contributed by atoms with Gasteiger partial charge in [-0.05, 0) is 56.5 Å². The zero-order valence-corrected chi connectivity index (χ0v) is 20.7. The van der Waals surface area contributed by atoms with Crippen LogP contribution >= 0.6 is 0 Å². The van der Waals surface area contributed by atoms with Gasteiger partial charge in [0, 0.05) is 18.0 Å². The number of hydrogen-bond donors (Lipinski definition) is 2. The molecule has 0 bridgehead atoms. The van der Waals surface area contributed by atoms with Crippen LogP contribution in [0.1, 0.15) is 37.8 Å². The normalized spacial score (nSPS) is 21.1. The first-order valence-electron chi connectivity index (χ1n) is 11.1. The van der Waals surface area contributed by atoms with Gasteiger partial charge in [0.05, 0.1) is 10.5 Å². The van der Waals surface area contributed by atoms with Crippen molar-refractivity contribution in [2.75, 3.05) is 6.54 Å². The predicted octanol–water partition coefficient (Wildman–Crippen LogP) is 5.08. The molecule has 0 heterocycles. The number of aliphatic hydroxyl groups is 1. The molecule has 1 fully saturated rings. The van der Waals surface area contributed by atoms with E-state index in [9.17, 15) is 53.4 Å². The molecule has 1 amide bonds. The molecular formula is C24H23F8NO4S. The molecule has 210 valence electrons.